The quantitative estimate of drug-likeness (QED) is 0.654. The molecule has 0 aliphatic rings. The third-order valence-corrected chi connectivity index (χ3v) is 3.42. The topological polar surface area (TPSA) is 115 Å². The Morgan fingerprint density at radius 2 is 2.00 bits per heavy atom. The van der Waals surface area contributed by atoms with Gasteiger partial charge in [-0.15, -0.1) is 0 Å². The summed E-state index contributed by atoms with van der Waals surface area (Å²) in [6.45, 7) is 1.56. The summed E-state index contributed by atoms with van der Waals surface area (Å²) in [6, 6.07) is 3.91. The van der Waals surface area contributed by atoms with Crippen LogP contribution in [0.1, 0.15) is 6.92 Å². The number of nitrogens with two attached hydrogens (primary N) is 2. The Bertz CT molecular complexity index is 540. The fourth-order valence-corrected chi connectivity index (χ4v) is 2.13. The second kappa shape index (κ2) is 4.62. The highest BCUT2D eigenvalue weighted by atomic mass is 32.2. The smallest absolute Gasteiger partial charge is 0.239 e. The number of benzene rings is 1. The number of primary amides is 1. The Morgan fingerprint density at radius 1 is 1.41 bits per heavy atom. The summed E-state index contributed by atoms with van der Waals surface area (Å²) < 4.78 is 22.9. The Kier molecular flexibility index (Phi) is 3.62. The van der Waals surface area contributed by atoms with E-state index >= 15 is 0 Å². The largest absolute Gasteiger partial charge is 0.396 e. The normalized spacial score (nSPS) is 13.1. The van der Waals surface area contributed by atoms with E-state index in [1.807, 2.05) is 0 Å². The Labute approximate surface area is 99.9 Å². The summed E-state index contributed by atoms with van der Waals surface area (Å²) in [6.07, 6.45) is 1.07. The third kappa shape index (κ3) is 3.10. The first-order chi connectivity index (χ1) is 7.73. The first-order valence-electron chi connectivity index (χ1n) is 4.88. The van der Waals surface area contributed by atoms with Gasteiger partial charge in [0.2, 0.25) is 5.91 Å². The van der Waals surface area contributed by atoms with Gasteiger partial charge in [-0.3, -0.25) is 4.79 Å². The molecule has 0 bridgehead atoms. The maximum atomic E-state index is 11.4. The molecule has 0 fully saturated rings. The van der Waals surface area contributed by atoms with Crippen LogP contribution in [-0.2, 0) is 14.6 Å². The molecule has 0 spiro atoms. The van der Waals surface area contributed by atoms with Gasteiger partial charge in [-0.25, -0.2) is 8.42 Å². The number of carbonyl (C=O) groups is 1. The second-order valence-corrected chi connectivity index (χ2v) is 5.74. The molecule has 94 valence electrons. The summed E-state index contributed by atoms with van der Waals surface area (Å²) in [5.74, 6) is -0.547. The molecule has 5 N–H and O–H groups in total. The molecule has 0 aliphatic carbocycles. The van der Waals surface area contributed by atoms with Crippen molar-refractivity contribution in [3.8, 4) is 0 Å². The van der Waals surface area contributed by atoms with E-state index in [4.69, 9.17) is 11.5 Å². The van der Waals surface area contributed by atoms with E-state index in [0.717, 1.165) is 6.26 Å². The van der Waals surface area contributed by atoms with Crippen LogP contribution in [0.2, 0.25) is 0 Å². The molecule has 1 aromatic rings. The third-order valence-electron chi connectivity index (χ3n) is 2.26. The van der Waals surface area contributed by atoms with Crippen molar-refractivity contribution in [1.29, 1.82) is 0 Å². The van der Waals surface area contributed by atoms with Crippen LogP contribution < -0.4 is 16.8 Å². The molecule has 0 aromatic heterocycles. The van der Waals surface area contributed by atoms with Crippen LogP contribution in [0.5, 0.6) is 0 Å². The van der Waals surface area contributed by atoms with Crippen molar-refractivity contribution in [3.63, 3.8) is 0 Å². The van der Waals surface area contributed by atoms with Crippen LogP contribution in [0.25, 0.3) is 0 Å². The second-order valence-electron chi connectivity index (χ2n) is 3.76. The number of nitrogen functional groups attached to an aromatic ring is 1. The molecule has 0 aliphatic heterocycles. The fourth-order valence-electron chi connectivity index (χ4n) is 1.30. The zero-order valence-electron chi connectivity index (χ0n) is 9.60. The highest BCUT2D eigenvalue weighted by molar-refractivity contribution is 7.90. The lowest BCUT2D eigenvalue weighted by Crippen LogP contribution is -2.32. The summed E-state index contributed by atoms with van der Waals surface area (Å²) in [5, 5.41) is 2.76. The number of carbonyl (C=O) groups excluding carboxylic acids is 1. The number of para-hydroxylation sites is 1. The fraction of sp³-hybridized carbons (Fsp3) is 0.300. The highest BCUT2D eigenvalue weighted by Crippen LogP contribution is 2.26. The zero-order chi connectivity index (χ0) is 13.2. The van der Waals surface area contributed by atoms with E-state index in [1.54, 1.807) is 19.1 Å². The summed E-state index contributed by atoms with van der Waals surface area (Å²) in [7, 11) is -3.39. The molecule has 6 nitrogen and oxygen atoms in total. The van der Waals surface area contributed by atoms with Crippen molar-refractivity contribution in [1.82, 2.24) is 0 Å². The number of hydrogen-bond acceptors (Lipinski definition) is 5. The van der Waals surface area contributed by atoms with Gasteiger partial charge in [0.05, 0.1) is 16.3 Å². The van der Waals surface area contributed by atoms with E-state index in [9.17, 15) is 13.2 Å². The molecule has 1 unspecified atom stereocenters. The molecule has 1 rings (SSSR count). The average molecular weight is 257 g/mol. The lowest BCUT2D eigenvalue weighted by Gasteiger charge is -2.15. The molecular weight excluding hydrogens is 242 g/mol. The zero-order valence-corrected chi connectivity index (χ0v) is 10.4. The molecule has 0 saturated carbocycles. The number of anilines is 2. The Balaban J connectivity index is 3.16. The summed E-state index contributed by atoms with van der Waals surface area (Å²) in [4.78, 5) is 10.9. The minimum absolute atomic E-state index is 0.0270. The summed E-state index contributed by atoms with van der Waals surface area (Å²) in [5.41, 5.74) is 11.3. The van der Waals surface area contributed by atoms with Crippen LogP contribution in [-0.4, -0.2) is 26.6 Å². The minimum Gasteiger partial charge on any atom is -0.396 e. The predicted molar refractivity (Wildman–Crippen MR) is 66.2 cm³/mol. The molecule has 0 radical (unpaired) electrons. The summed E-state index contributed by atoms with van der Waals surface area (Å²) >= 11 is 0. The van der Waals surface area contributed by atoms with E-state index in [0.29, 0.717) is 5.69 Å². The van der Waals surface area contributed by atoms with Crippen molar-refractivity contribution >= 4 is 27.1 Å². The van der Waals surface area contributed by atoms with E-state index in [-0.39, 0.29) is 10.6 Å². The van der Waals surface area contributed by atoms with Crippen LogP contribution in [0.15, 0.2) is 23.1 Å². The SMILES string of the molecule is CC(Nc1cccc(S(C)(=O)=O)c1N)C(N)=O. The lowest BCUT2D eigenvalue weighted by atomic mass is 10.2. The van der Waals surface area contributed by atoms with Gasteiger partial charge in [0, 0.05) is 6.26 Å². The van der Waals surface area contributed by atoms with Crippen LogP contribution in [0.4, 0.5) is 11.4 Å². The van der Waals surface area contributed by atoms with Crippen LogP contribution in [0.3, 0.4) is 0 Å². The van der Waals surface area contributed by atoms with Gasteiger partial charge in [-0.1, -0.05) is 6.07 Å². The maximum absolute atomic E-state index is 11.4. The van der Waals surface area contributed by atoms with Gasteiger partial charge in [-0.2, -0.15) is 0 Å². The Morgan fingerprint density at radius 3 is 2.47 bits per heavy atom. The van der Waals surface area contributed by atoms with Gasteiger partial charge in [0.1, 0.15) is 6.04 Å². The number of nitrogens with one attached hydrogen (secondary N) is 1. The van der Waals surface area contributed by atoms with E-state index < -0.39 is 21.8 Å². The first-order valence-corrected chi connectivity index (χ1v) is 6.77. The van der Waals surface area contributed by atoms with E-state index in [2.05, 4.69) is 5.32 Å². The minimum atomic E-state index is -3.39. The van der Waals surface area contributed by atoms with Gasteiger partial charge >= 0.3 is 0 Å². The number of hydrogen-bond donors (Lipinski definition) is 3. The van der Waals surface area contributed by atoms with Gasteiger partial charge in [-0.05, 0) is 19.1 Å². The van der Waals surface area contributed by atoms with Gasteiger partial charge in [0.15, 0.2) is 9.84 Å². The van der Waals surface area contributed by atoms with Crippen molar-refractivity contribution in [3.05, 3.63) is 18.2 Å². The Hall–Kier alpha value is -1.76. The molecule has 1 atom stereocenters. The predicted octanol–water partition coefficient (Wildman–Crippen LogP) is -0.0420. The molecule has 1 amide bonds. The molecule has 7 heteroatoms. The molecular formula is C10H15N3O3S. The van der Waals surface area contributed by atoms with Crippen molar-refractivity contribution in [2.24, 2.45) is 5.73 Å². The van der Waals surface area contributed by atoms with E-state index in [1.165, 1.54) is 6.07 Å². The first kappa shape index (κ1) is 13.3. The van der Waals surface area contributed by atoms with Crippen molar-refractivity contribution in [2.45, 2.75) is 17.9 Å². The van der Waals surface area contributed by atoms with Crippen molar-refractivity contribution < 1.29 is 13.2 Å². The lowest BCUT2D eigenvalue weighted by molar-refractivity contribution is -0.118. The molecule has 17 heavy (non-hydrogen) atoms. The van der Waals surface area contributed by atoms with Crippen LogP contribution in [0, 0.1) is 0 Å². The standard InChI is InChI=1S/C10H15N3O3S/c1-6(10(12)14)13-7-4-3-5-8(9(7)11)17(2,15)16/h3-6,13H,11H2,1-2H3,(H2,12,14). The van der Waals surface area contributed by atoms with Crippen LogP contribution >= 0.6 is 0 Å². The molecule has 0 saturated heterocycles. The number of amides is 1. The number of sulfone groups is 1. The molecule has 1 aromatic carbocycles. The maximum Gasteiger partial charge on any atom is 0.239 e. The molecule has 0 heterocycles. The highest BCUT2D eigenvalue weighted by Gasteiger charge is 2.16. The van der Waals surface area contributed by atoms with Gasteiger partial charge < -0.3 is 16.8 Å². The van der Waals surface area contributed by atoms with Crippen molar-refractivity contribution in [2.75, 3.05) is 17.3 Å². The monoisotopic (exact) mass is 257 g/mol. The average Bonchev–Trinajstić information content (AvgIpc) is 2.19. The van der Waals surface area contributed by atoms with Gasteiger partial charge in [0.25, 0.3) is 0 Å². The number of rotatable bonds is 4.